The molecule has 3 rings (SSSR count). The van der Waals surface area contributed by atoms with Crippen LogP contribution in [0.4, 0.5) is 5.13 Å². The molecule has 3 unspecified atom stereocenters. The van der Waals surface area contributed by atoms with Crippen molar-refractivity contribution in [2.24, 2.45) is 11.8 Å². The first-order valence-corrected chi connectivity index (χ1v) is 7.43. The fourth-order valence-corrected chi connectivity index (χ4v) is 4.32. The lowest BCUT2D eigenvalue weighted by molar-refractivity contribution is 0.442. The summed E-state index contributed by atoms with van der Waals surface area (Å²) in [6.45, 7) is 10.2. The molecule has 0 bridgehead atoms. The van der Waals surface area contributed by atoms with E-state index in [1.807, 2.05) is 11.3 Å². The maximum Gasteiger partial charge on any atom is 0.186 e. The number of hydrogen-bond acceptors (Lipinski definition) is 4. The van der Waals surface area contributed by atoms with E-state index in [2.05, 4.69) is 31.0 Å². The summed E-state index contributed by atoms with van der Waals surface area (Å²) in [6.07, 6.45) is 1.24. The molecule has 0 aliphatic carbocycles. The van der Waals surface area contributed by atoms with Gasteiger partial charge in [-0.3, -0.25) is 0 Å². The van der Waals surface area contributed by atoms with Crippen LogP contribution >= 0.6 is 11.3 Å². The van der Waals surface area contributed by atoms with Crippen LogP contribution < -0.4 is 10.2 Å². The van der Waals surface area contributed by atoms with Gasteiger partial charge >= 0.3 is 0 Å². The van der Waals surface area contributed by atoms with E-state index in [0.717, 1.165) is 11.8 Å². The van der Waals surface area contributed by atoms with Gasteiger partial charge in [-0.2, -0.15) is 0 Å². The van der Waals surface area contributed by atoms with Gasteiger partial charge < -0.3 is 10.2 Å². The summed E-state index contributed by atoms with van der Waals surface area (Å²) in [4.78, 5) is 8.68. The van der Waals surface area contributed by atoms with E-state index in [9.17, 15) is 0 Å². The number of rotatable bonds is 2. The topological polar surface area (TPSA) is 28.2 Å². The molecule has 1 aromatic rings. The molecule has 2 aliphatic heterocycles. The van der Waals surface area contributed by atoms with Crippen LogP contribution in [0.1, 0.15) is 23.9 Å². The van der Waals surface area contributed by atoms with Crippen LogP contribution in [0.15, 0.2) is 0 Å². The Balaban J connectivity index is 1.88. The average molecular weight is 251 g/mol. The molecule has 0 saturated carbocycles. The summed E-state index contributed by atoms with van der Waals surface area (Å²) in [5.74, 6) is 1.67. The minimum absolute atomic E-state index is 0.694. The molecule has 17 heavy (non-hydrogen) atoms. The number of fused-ring (bicyclic) bond motifs is 1. The van der Waals surface area contributed by atoms with Crippen LogP contribution in [0.2, 0.25) is 0 Å². The molecule has 0 aromatic carbocycles. The highest BCUT2D eigenvalue weighted by Gasteiger charge is 2.44. The normalized spacial score (nSPS) is 32.2. The van der Waals surface area contributed by atoms with Gasteiger partial charge in [-0.25, -0.2) is 4.98 Å². The van der Waals surface area contributed by atoms with Crippen molar-refractivity contribution in [3.63, 3.8) is 0 Å². The lowest BCUT2D eigenvalue weighted by atomic mass is 9.93. The van der Waals surface area contributed by atoms with Crippen LogP contribution in [0.25, 0.3) is 0 Å². The lowest BCUT2D eigenvalue weighted by Gasteiger charge is -2.26. The summed E-state index contributed by atoms with van der Waals surface area (Å²) in [5.41, 5.74) is 1.20. The predicted octanol–water partition coefficient (Wildman–Crippen LogP) is 2.19. The Hall–Kier alpha value is -0.610. The second-order valence-corrected chi connectivity index (χ2v) is 6.53. The second kappa shape index (κ2) is 4.25. The van der Waals surface area contributed by atoms with Crippen molar-refractivity contribution < 1.29 is 0 Å². The van der Waals surface area contributed by atoms with E-state index < -0.39 is 0 Å². The van der Waals surface area contributed by atoms with Crippen molar-refractivity contribution >= 4 is 16.5 Å². The summed E-state index contributed by atoms with van der Waals surface area (Å²) in [5, 5.41) is 4.78. The van der Waals surface area contributed by atoms with Crippen molar-refractivity contribution in [2.75, 3.05) is 24.5 Å². The third kappa shape index (κ3) is 1.78. The van der Waals surface area contributed by atoms with Crippen molar-refractivity contribution in [1.82, 2.24) is 10.3 Å². The minimum atomic E-state index is 0.694. The zero-order valence-electron chi connectivity index (χ0n) is 10.9. The van der Waals surface area contributed by atoms with Crippen LogP contribution in [-0.4, -0.2) is 30.7 Å². The van der Waals surface area contributed by atoms with Gasteiger partial charge in [0.2, 0.25) is 0 Å². The van der Waals surface area contributed by atoms with Crippen LogP contribution in [-0.2, 0) is 0 Å². The molecule has 94 valence electrons. The van der Waals surface area contributed by atoms with E-state index in [1.165, 1.54) is 41.8 Å². The predicted molar refractivity (Wildman–Crippen MR) is 72.9 cm³/mol. The highest BCUT2D eigenvalue weighted by molar-refractivity contribution is 7.15. The maximum absolute atomic E-state index is 4.74. The quantitative estimate of drug-likeness (QED) is 0.873. The van der Waals surface area contributed by atoms with Gasteiger partial charge in [0.1, 0.15) is 0 Å². The molecule has 2 aliphatic rings. The lowest BCUT2D eigenvalue weighted by Crippen LogP contribution is -2.35. The monoisotopic (exact) mass is 251 g/mol. The Morgan fingerprint density at radius 1 is 1.41 bits per heavy atom. The molecule has 1 aromatic heterocycles. The SMILES string of the molecule is CCC1C2CNCC2CN1c1nc(C)c(C)s1. The molecule has 1 N–H and O–H groups in total. The standard InChI is InChI=1S/C13H21N3S/c1-4-12-11-6-14-5-10(11)7-16(12)13-15-8(2)9(3)17-13/h10-12,14H,4-7H2,1-3H3. The number of thiazole rings is 1. The molecule has 3 nitrogen and oxygen atoms in total. The van der Waals surface area contributed by atoms with Crippen LogP contribution in [0, 0.1) is 25.7 Å². The molecule has 2 saturated heterocycles. The van der Waals surface area contributed by atoms with E-state index in [0.29, 0.717) is 6.04 Å². The average Bonchev–Trinajstić information content (AvgIpc) is 2.93. The van der Waals surface area contributed by atoms with Crippen molar-refractivity contribution in [2.45, 2.75) is 33.2 Å². The smallest absolute Gasteiger partial charge is 0.186 e. The number of hydrogen-bond donors (Lipinski definition) is 1. The Morgan fingerprint density at radius 2 is 2.24 bits per heavy atom. The summed E-state index contributed by atoms with van der Waals surface area (Å²) in [7, 11) is 0. The van der Waals surface area contributed by atoms with Crippen LogP contribution in [0.3, 0.4) is 0 Å². The van der Waals surface area contributed by atoms with Gasteiger partial charge in [-0.15, -0.1) is 11.3 Å². The van der Waals surface area contributed by atoms with Gasteiger partial charge in [-0.05, 0) is 32.1 Å². The Kier molecular flexibility index (Phi) is 2.87. The number of aromatic nitrogens is 1. The molecular weight excluding hydrogens is 230 g/mol. The molecule has 3 heterocycles. The van der Waals surface area contributed by atoms with Gasteiger partial charge in [-0.1, -0.05) is 6.92 Å². The van der Waals surface area contributed by atoms with E-state index >= 15 is 0 Å². The summed E-state index contributed by atoms with van der Waals surface area (Å²) < 4.78 is 0. The molecule has 3 atom stereocenters. The Morgan fingerprint density at radius 3 is 2.88 bits per heavy atom. The first-order chi connectivity index (χ1) is 8.20. The first-order valence-electron chi connectivity index (χ1n) is 6.62. The third-order valence-electron chi connectivity index (χ3n) is 4.40. The van der Waals surface area contributed by atoms with Crippen LogP contribution in [0.5, 0.6) is 0 Å². The zero-order valence-corrected chi connectivity index (χ0v) is 11.7. The fraction of sp³-hybridized carbons (Fsp3) is 0.769. The number of anilines is 1. The van der Waals surface area contributed by atoms with Crippen molar-refractivity contribution in [3.05, 3.63) is 10.6 Å². The number of nitrogens with one attached hydrogen (secondary N) is 1. The molecule has 0 spiro atoms. The van der Waals surface area contributed by atoms with Gasteiger partial charge in [0, 0.05) is 30.6 Å². The van der Waals surface area contributed by atoms with Crippen molar-refractivity contribution in [3.8, 4) is 0 Å². The summed E-state index contributed by atoms with van der Waals surface area (Å²) >= 11 is 1.86. The van der Waals surface area contributed by atoms with E-state index in [1.54, 1.807) is 0 Å². The van der Waals surface area contributed by atoms with Crippen molar-refractivity contribution in [1.29, 1.82) is 0 Å². The third-order valence-corrected chi connectivity index (χ3v) is 5.51. The van der Waals surface area contributed by atoms with Gasteiger partial charge in [0.15, 0.2) is 5.13 Å². The number of aryl methyl sites for hydroxylation is 2. The van der Waals surface area contributed by atoms with E-state index in [-0.39, 0.29) is 0 Å². The second-order valence-electron chi connectivity index (χ2n) is 5.35. The highest BCUT2D eigenvalue weighted by atomic mass is 32.1. The first kappa shape index (κ1) is 11.5. The zero-order chi connectivity index (χ0) is 12.0. The Bertz CT molecular complexity index is 395. The fourth-order valence-electron chi connectivity index (χ4n) is 3.34. The number of nitrogens with zero attached hydrogens (tertiary/aromatic N) is 2. The Labute approximate surface area is 107 Å². The van der Waals surface area contributed by atoms with Gasteiger partial charge in [0.05, 0.1) is 5.69 Å². The van der Waals surface area contributed by atoms with Gasteiger partial charge in [0.25, 0.3) is 0 Å². The molecule has 2 fully saturated rings. The van der Waals surface area contributed by atoms with E-state index in [4.69, 9.17) is 4.98 Å². The summed E-state index contributed by atoms with van der Waals surface area (Å²) in [6, 6.07) is 0.694. The highest BCUT2D eigenvalue weighted by Crippen LogP contribution is 2.39. The molecular formula is C13H21N3S. The largest absolute Gasteiger partial charge is 0.344 e. The minimum Gasteiger partial charge on any atom is -0.344 e. The maximum atomic E-state index is 4.74. The molecule has 4 heteroatoms. The molecule has 0 amide bonds. The molecule has 0 radical (unpaired) electrons.